The maximum Gasteiger partial charge on any atom is 0.244 e. The summed E-state index contributed by atoms with van der Waals surface area (Å²) in [4.78, 5) is 23.1. The first kappa shape index (κ1) is 14.6. The number of furan rings is 1. The van der Waals surface area contributed by atoms with Crippen molar-refractivity contribution in [1.82, 2.24) is 10.6 Å². The normalized spacial score (nSPS) is 10.5. The van der Waals surface area contributed by atoms with Crippen LogP contribution in [0.15, 0.2) is 59.2 Å². The van der Waals surface area contributed by atoms with E-state index in [1.165, 1.54) is 12.3 Å². The van der Waals surface area contributed by atoms with Crippen molar-refractivity contribution in [3.63, 3.8) is 0 Å². The molecule has 2 aromatic rings. The van der Waals surface area contributed by atoms with E-state index in [1.54, 1.807) is 18.2 Å². The Bertz CT molecular complexity index is 604. The van der Waals surface area contributed by atoms with E-state index in [2.05, 4.69) is 10.6 Å². The van der Waals surface area contributed by atoms with Crippen LogP contribution >= 0.6 is 0 Å². The molecule has 0 bridgehead atoms. The third-order valence-electron chi connectivity index (χ3n) is 2.69. The van der Waals surface area contributed by atoms with Crippen molar-refractivity contribution < 1.29 is 14.0 Å². The molecule has 1 aromatic carbocycles. The lowest BCUT2D eigenvalue weighted by Crippen LogP contribution is -2.35. The standard InChI is InChI=1S/C16H16N2O3/c19-15(9-8-13-5-2-1-3-6-13)18-12-16(20)17-11-14-7-4-10-21-14/h1-10H,11-12H2,(H,17,20)(H,18,19)/b9-8+. The fourth-order valence-corrected chi connectivity index (χ4v) is 1.62. The van der Waals surface area contributed by atoms with Crippen molar-refractivity contribution in [3.05, 3.63) is 66.1 Å². The lowest BCUT2D eigenvalue weighted by molar-refractivity contribution is -0.124. The fourth-order valence-electron chi connectivity index (χ4n) is 1.62. The molecule has 0 aliphatic carbocycles. The van der Waals surface area contributed by atoms with Crippen LogP contribution in [0.2, 0.25) is 0 Å². The summed E-state index contributed by atoms with van der Waals surface area (Å²) in [7, 11) is 0. The topological polar surface area (TPSA) is 71.3 Å². The van der Waals surface area contributed by atoms with Crippen LogP contribution in [-0.2, 0) is 16.1 Å². The average Bonchev–Trinajstić information content (AvgIpc) is 3.03. The maximum absolute atomic E-state index is 11.6. The SMILES string of the molecule is O=C(/C=C/c1ccccc1)NCC(=O)NCc1ccco1. The van der Waals surface area contributed by atoms with Gasteiger partial charge in [-0.1, -0.05) is 30.3 Å². The zero-order valence-corrected chi connectivity index (χ0v) is 11.4. The van der Waals surface area contributed by atoms with Gasteiger partial charge in [-0.2, -0.15) is 0 Å². The third-order valence-corrected chi connectivity index (χ3v) is 2.69. The minimum absolute atomic E-state index is 0.0708. The molecule has 0 unspecified atom stereocenters. The number of hydrogen-bond donors (Lipinski definition) is 2. The van der Waals surface area contributed by atoms with E-state index in [4.69, 9.17) is 4.42 Å². The molecular weight excluding hydrogens is 268 g/mol. The first-order valence-electron chi connectivity index (χ1n) is 6.54. The minimum atomic E-state index is -0.313. The van der Waals surface area contributed by atoms with E-state index >= 15 is 0 Å². The fraction of sp³-hybridized carbons (Fsp3) is 0.125. The Morgan fingerprint density at radius 3 is 2.57 bits per heavy atom. The Morgan fingerprint density at radius 1 is 1.05 bits per heavy atom. The Hall–Kier alpha value is -2.82. The summed E-state index contributed by atoms with van der Waals surface area (Å²) >= 11 is 0. The smallest absolute Gasteiger partial charge is 0.244 e. The van der Waals surface area contributed by atoms with Gasteiger partial charge < -0.3 is 15.1 Å². The maximum atomic E-state index is 11.6. The Kier molecular flexibility index (Phi) is 5.34. The van der Waals surface area contributed by atoms with E-state index in [9.17, 15) is 9.59 Å². The van der Waals surface area contributed by atoms with Gasteiger partial charge >= 0.3 is 0 Å². The lowest BCUT2D eigenvalue weighted by Gasteiger charge is -2.03. The van der Waals surface area contributed by atoms with Gasteiger partial charge in [-0.15, -0.1) is 0 Å². The molecule has 5 nitrogen and oxygen atoms in total. The van der Waals surface area contributed by atoms with Crippen LogP contribution in [0.5, 0.6) is 0 Å². The number of nitrogens with one attached hydrogen (secondary N) is 2. The molecule has 0 aliphatic heterocycles. The van der Waals surface area contributed by atoms with Gasteiger partial charge in [0.2, 0.25) is 11.8 Å². The molecule has 2 rings (SSSR count). The summed E-state index contributed by atoms with van der Waals surface area (Å²) in [6.07, 6.45) is 4.63. The van der Waals surface area contributed by atoms with Gasteiger partial charge in [-0.3, -0.25) is 9.59 Å². The largest absolute Gasteiger partial charge is 0.467 e. The van der Waals surface area contributed by atoms with Gasteiger partial charge in [0.05, 0.1) is 19.4 Å². The Morgan fingerprint density at radius 2 is 1.86 bits per heavy atom. The van der Waals surface area contributed by atoms with Crippen LogP contribution in [0.1, 0.15) is 11.3 Å². The zero-order valence-electron chi connectivity index (χ0n) is 11.4. The lowest BCUT2D eigenvalue weighted by atomic mass is 10.2. The van der Waals surface area contributed by atoms with Crippen LogP contribution in [0.4, 0.5) is 0 Å². The van der Waals surface area contributed by atoms with Gasteiger partial charge in [-0.05, 0) is 23.8 Å². The van der Waals surface area contributed by atoms with Crippen molar-refractivity contribution >= 4 is 17.9 Å². The molecule has 2 N–H and O–H groups in total. The number of amides is 2. The van der Waals surface area contributed by atoms with Crippen LogP contribution < -0.4 is 10.6 Å². The van der Waals surface area contributed by atoms with Gasteiger partial charge in [0, 0.05) is 6.08 Å². The second-order valence-electron chi connectivity index (χ2n) is 4.32. The van der Waals surface area contributed by atoms with Gasteiger partial charge in [-0.25, -0.2) is 0 Å². The number of hydrogen-bond acceptors (Lipinski definition) is 3. The monoisotopic (exact) mass is 284 g/mol. The van der Waals surface area contributed by atoms with Crippen LogP contribution in [0.25, 0.3) is 6.08 Å². The summed E-state index contributed by atoms with van der Waals surface area (Å²) in [6, 6.07) is 13.0. The van der Waals surface area contributed by atoms with Crippen LogP contribution in [0.3, 0.4) is 0 Å². The van der Waals surface area contributed by atoms with Gasteiger partial charge in [0.15, 0.2) is 0 Å². The first-order valence-corrected chi connectivity index (χ1v) is 6.54. The predicted octanol–water partition coefficient (Wildman–Crippen LogP) is 1.73. The molecule has 1 heterocycles. The number of carbonyl (C=O) groups is 2. The van der Waals surface area contributed by atoms with E-state index in [1.807, 2.05) is 30.3 Å². The Labute approximate surface area is 122 Å². The molecule has 0 saturated carbocycles. The van der Waals surface area contributed by atoms with E-state index < -0.39 is 0 Å². The molecule has 21 heavy (non-hydrogen) atoms. The summed E-state index contributed by atoms with van der Waals surface area (Å²) < 4.78 is 5.08. The van der Waals surface area contributed by atoms with E-state index in [0.29, 0.717) is 12.3 Å². The molecule has 0 fully saturated rings. The summed E-state index contributed by atoms with van der Waals surface area (Å²) in [5.41, 5.74) is 0.926. The molecule has 0 atom stereocenters. The molecule has 0 aliphatic rings. The van der Waals surface area contributed by atoms with Crippen molar-refractivity contribution in [3.8, 4) is 0 Å². The molecule has 108 valence electrons. The molecule has 0 radical (unpaired) electrons. The second-order valence-corrected chi connectivity index (χ2v) is 4.32. The van der Waals surface area contributed by atoms with Crippen molar-refractivity contribution in [2.24, 2.45) is 0 Å². The highest BCUT2D eigenvalue weighted by molar-refractivity contribution is 5.94. The molecule has 1 aromatic heterocycles. The molecule has 0 spiro atoms. The first-order chi connectivity index (χ1) is 10.2. The van der Waals surface area contributed by atoms with Crippen LogP contribution in [0, 0.1) is 0 Å². The van der Waals surface area contributed by atoms with E-state index in [-0.39, 0.29) is 18.4 Å². The molecule has 2 amide bonds. The minimum Gasteiger partial charge on any atom is -0.467 e. The highest BCUT2D eigenvalue weighted by Gasteiger charge is 2.03. The molecule has 5 heteroatoms. The highest BCUT2D eigenvalue weighted by atomic mass is 16.3. The van der Waals surface area contributed by atoms with Crippen molar-refractivity contribution in [2.75, 3.05) is 6.54 Å². The predicted molar refractivity (Wildman–Crippen MR) is 79.0 cm³/mol. The summed E-state index contributed by atoms with van der Waals surface area (Å²) in [5, 5.41) is 5.16. The number of benzene rings is 1. The zero-order chi connectivity index (χ0) is 14.9. The summed E-state index contributed by atoms with van der Waals surface area (Å²) in [6.45, 7) is 0.236. The van der Waals surface area contributed by atoms with E-state index in [0.717, 1.165) is 5.56 Å². The van der Waals surface area contributed by atoms with Crippen molar-refractivity contribution in [1.29, 1.82) is 0 Å². The average molecular weight is 284 g/mol. The van der Waals surface area contributed by atoms with Crippen LogP contribution in [-0.4, -0.2) is 18.4 Å². The molecular formula is C16H16N2O3. The third kappa shape index (κ3) is 5.36. The molecule has 0 saturated heterocycles. The number of carbonyl (C=O) groups excluding carboxylic acids is 2. The second kappa shape index (κ2) is 7.69. The van der Waals surface area contributed by atoms with Gasteiger partial charge in [0.1, 0.15) is 5.76 Å². The highest BCUT2D eigenvalue weighted by Crippen LogP contribution is 2.00. The number of rotatable bonds is 6. The van der Waals surface area contributed by atoms with Gasteiger partial charge in [0.25, 0.3) is 0 Å². The summed E-state index contributed by atoms with van der Waals surface area (Å²) in [5.74, 6) is 0.0820. The quantitative estimate of drug-likeness (QED) is 0.793. The van der Waals surface area contributed by atoms with Crippen molar-refractivity contribution in [2.45, 2.75) is 6.54 Å². The Balaban J connectivity index is 1.68.